The molecule has 0 aromatic heterocycles. The normalized spacial score (nSPS) is 15.8. The monoisotopic (exact) mass is 248 g/mol. The minimum atomic E-state index is -0.653. The molecule has 0 atom stereocenters. The van der Waals surface area contributed by atoms with Crippen LogP contribution in [-0.4, -0.2) is 12.4 Å². The van der Waals surface area contributed by atoms with Gasteiger partial charge >= 0.3 is 0 Å². The maximum Gasteiger partial charge on any atom is 0.171 e. The molecule has 0 spiro atoms. The van der Waals surface area contributed by atoms with Gasteiger partial charge in [-0.2, -0.15) is 0 Å². The van der Waals surface area contributed by atoms with Crippen LogP contribution in [-0.2, 0) is 14.9 Å². The van der Waals surface area contributed by atoms with E-state index in [9.17, 15) is 9.18 Å². The van der Waals surface area contributed by atoms with Crippen LogP contribution >= 0.6 is 0 Å². The molecule has 0 bridgehead atoms. The summed E-state index contributed by atoms with van der Waals surface area (Å²) in [6.07, 6.45) is 3.19. The van der Waals surface area contributed by atoms with Crippen LogP contribution in [0.3, 0.4) is 0 Å². The van der Waals surface area contributed by atoms with Gasteiger partial charge in [-0.25, -0.2) is 4.39 Å². The lowest BCUT2D eigenvalue weighted by Gasteiger charge is -2.26. The molecule has 1 aliphatic heterocycles. The van der Waals surface area contributed by atoms with Crippen LogP contribution in [0.4, 0.5) is 4.39 Å². The molecule has 18 heavy (non-hydrogen) atoms. The van der Waals surface area contributed by atoms with Gasteiger partial charge in [0.2, 0.25) is 0 Å². The van der Waals surface area contributed by atoms with Gasteiger partial charge in [-0.15, -0.1) is 0 Å². The molecule has 1 aromatic carbocycles. The highest BCUT2D eigenvalue weighted by Crippen LogP contribution is 2.29. The summed E-state index contributed by atoms with van der Waals surface area (Å²) in [5.74, 6) is -0.240. The Labute approximate surface area is 106 Å². The van der Waals surface area contributed by atoms with Gasteiger partial charge in [0.1, 0.15) is 5.82 Å². The molecule has 0 saturated carbocycles. The van der Waals surface area contributed by atoms with Crippen LogP contribution < -0.4 is 0 Å². The fourth-order valence-electron chi connectivity index (χ4n) is 2.13. The van der Waals surface area contributed by atoms with E-state index in [-0.39, 0.29) is 11.6 Å². The fourth-order valence-corrected chi connectivity index (χ4v) is 2.13. The number of halogens is 1. The highest BCUT2D eigenvalue weighted by Gasteiger charge is 2.32. The molecule has 3 heteroatoms. The molecular formula is C15H17FO2. The number of carbonyl (C=O) groups excluding carboxylic acids is 1. The van der Waals surface area contributed by atoms with Crippen LogP contribution in [0.25, 0.3) is 0 Å². The molecular weight excluding hydrogens is 231 g/mol. The molecule has 2 nitrogen and oxygen atoms in total. The van der Waals surface area contributed by atoms with Crippen LogP contribution in [0, 0.1) is 5.82 Å². The number of rotatable bonds is 3. The summed E-state index contributed by atoms with van der Waals surface area (Å²) in [6.45, 7) is 4.39. The molecule has 0 N–H and O–H groups in total. The van der Waals surface area contributed by atoms with E-state index in [1.54, 1.807) is 18.4 Å². The summed E-state index contributed by atoms with van der Waals surface area (Å²) in [7, 11) is 0. The second-order valence-corrected chi connectivity index (χ2v) is 5.08. The number of ether oxygens (including phenoxy) is 1. The Kier molecular flexibility index (Phi) is 3.50. The molecule has 96 valence electrons. The molecule has 0 radical (unpaired) electrons. The number of allylic oxidation sites excluding steroid dienone is 1. The zero-order valence-corrected chi connectivity index (χ0v) is 10.7. The Morgan fingerprint density at radius 3 is 2.50 bits per heavy atom. The number of hydrogen-bond donors (Lipinski definition) is 0. The highest BCUT2D eigenvalue weighted by molar-refractivity contribution is 6.02. The van der Waals surface area contributed by atoms with Crippen molar-refractivity contribution in [2.75, 3.05) is 6.61 Å². The first-order chi connectivity index (χ1) is 8.51. The van der Waals surface area contributed by atoms with Crippen molar-refractivity contribution in [3.8, 4) is 0 Å². The summed E-state index contributed by atoms with van der Waals surface area (Å²) >= 11 is 0. The maximum absolute atomic E-state index is 12.9. The van der Waals surface area contributed by atoms with Crippen molar-refractivity contribution in [2.45, 2.75) is 32.1 Å². The van der Waals surface area contributed by atoms with Crippen LogP contribution in [0.1, 0.15) is 32.3 Å². The van der Waals surface area contributed by atoms with E-state index in [1.807, 2.05) is 13.8 Å². The van der Waals surface area contributed by atoms with Gasteiger partial charge in [-0.3, -0.25) is 4.79 Å². The second kappa shape index (κ2) is 4.92. The molecule has 0 fully saturated rings. The molecule has 0 unspecified atom stereocenters. The lowest BCUT2D eigenvalue weighted by Crippen LogP contribution is -2.31. The molecule has 1 aliphatic rings. The Balaban J connectivity index is 2.27. The average molecular weight is 248 g/mol. The smallest absolute Gasteiger partial charge is 0.171 e. The minimum absolute atomic E-state index is 0.0498. The van der Waals surface area contributed by atoms with Gasteiger partial charge in [-0.1, -0.05) is 12.1 Å². The quantitative estimate of drug-likeness (QED) is 0.819. The summed E-state index contributed by atoms with van der Waals surface area (Å²) in [6, 6.07) is 6.10. The molecule has 0 amide bonds. The van der Waals surface area contributed by atoms with Gasteiger partial charge in [0.15, 0.2) is 5.78 Å². The predicted octanol–water partition coefficient (Wildman–Crippen LogP) is 3.37. The third kappa shape index (κ3) is 2.45. The third-order valence-electron chi connectivity index (χ3n) is 3.36. The zero-order valence-electron chi connectivity index (χ0n) is 10.7. The molecule has 1 aromatic rings. The number of ketones is 1. The summed E-state index contributed by atoms with van der Waals surface area (Å²) < 4.78 is 18.1. The van der Waals surface area contributed by atoms with Crippen molar-refractivity contribution in [1.29, 1.82) is 0 Å². The van der Waals surface area contributed by atoms with Crippen molar-refractivity contribution in [3.05, 3.63) is 47.5 Å². The van der Waals surface area contributed by atoms with Crippen molar-refractivity contribution >= 4 is 5.78 Å². The molecule has 1 heterocycles. The van der Waals surface area contributed by atoms with E-state index in [0.29, 0.717) is 6.61 Å². The van der Waals surface area contributed by atoms with Gasteiger partial charge in [0.25, 0.3) is 0 Å². The Hall–Kier alpha value is -1.64. The standard InChI is InChI=1S/C15H17FO2/c1-15(2,12-5-7-13(16)8-6-12)14(17)11-4-3-9-18-10-11/h5-8,10H,3-4,9H2,1-2H3. The summed E-state index contributed by atoms with van der Waals surface area (Å²) in [5.41, 5.74) is 0.885. The number of Topliss-reactive ketones (excluding diaryl/α,β-unsaturated/α-hetero) is 1. The largest absolute Gasteiger partial charge is 0.501 e. The lowest BCUT2D eigenvalue weighted by molar-refractivity contribution is -0.120. The number of carbonyl (C=O) groups is 1. The summed E-state index contributed by atoms with van der Waals surface area (Å²) in [4.78, 5) is 12.5. The van der Waals surface area contributed by atoms with Crippen molar-refractivity contribution in [2.24, 2.45) is 0 Å². The van der Waals surface area contributed by atoms with Gasteiger partial charge in [0, 0.05) is 5.57 Å². The molecule has 2 rings (SSSR count). The van der Waals surface area contributed by atoms with Gasteiger partial charge in [0.05, 0.1) is 18.3 Å². The van der Waals surface area contributed by atoms with E-state index in [0.717, 1.165) is 24.0 Å². The first kappa shape index (κ1) is 12.8. The summed E-state index contributed by atoms with van der Waals surface area (Å²) in [5, 5.41) is 0. The average Bonchev–Trinajstić information content (AvgIpc) is 2.39. The van der Waals surface area contributed by atoms with Crippen LogP contribution in [0.15, 0.2) is 36.1 Å². The first-order valence-electron chi connectivity index (χ1n) is 6.13. The minimum Gasteiger partial charge on any atom is -0.501 e. The molecule has 0 saturated heterocycles. The van der Waals surface area contributed by atoms with Gasteiger partial charge < -0.3 is 4.74 Å². The van der Waals surface area contributed by atoms with E-state index >= 15 is 0 Å². The highest BCUT2D eigenvalue weighted by atomic mass is 19.1. The van der Waals surface area contributed by atoms with Gasteiger partial charge in [-0.05, 0) is 44.4 Å². The third-order valence-corrected chi connectivity index (χ3v) is 3.36. The Morgan fingerprint density at radius 1 is 1.28 bits per heavy atom. The SMILES string of the molecule is CC(C)(C(=O)C1=COCCC1)c1ccc(F)cc1. The number of benzene rings is 1. The Bertz CT molecular complexity index is 472. The predicted molar refractivity (Wildman–Crippen MR) is 67.7 cm³/mol. The van der Waals surface area contributed by atoms with Crippen molar-refractivity contribution in [1.82, 2.24) is 0 Å². The maximum atomic E-state index is 12.9. The van der Waals surface area contributed by atoms with E-state index < -0.39 is 5.41 Å². The van der Waals surface area contributed by atoms with E-state index in [1.165, 1.54) is 12.1 Å². The second-order valence-electron chi connectivity index (χ2n) is 5.08. The topological polar surface area (TPSA) is 26.3 Å². The lowest BCUT2D eigenvalue weighted by atomic mass is 9.77. The van der Waals surface area contributed by atoms with Crippen LogP contribution in [0.2, 0.25) is 0 Å². The fraction of sp³-hybridized carbons (Fsp3) is 0.400. The Morgan fingerprint density at radius 2 is 1.94 bits per heavy atom. The zero-order chi connectivity index (χ0) is 13.2. The van der Waals surface area contributed by atoms with Crippen LogP contribution in [0.5, 0.6) is 0 Å². The molecule has 0 aliphatic carbocycles. The van der Waals surface area contributed by atoms with E-state index in [2.05, 4.69) is 0 Å². The van der Waals surface area contributed by atoms with E-state index in [4.69, 9.17) is 4.74 Å². The first-order valence-corrected chi connectivity index (χ1v) is 6.13. The number of hydrogen-bond acceptors (Lipinski definition) is 2. The van der Waals surface area contributed by atoms with Crippen molar-refractivity contribution in [3.63, 3.8) is 0 Å². The van der Waals surface area contributed by atoms with Crippen molar-refractivity contribution < 1.29 is 13.9 Å².